The average molecular weight is 526 g/mol. The zero-order chi connectivity index (χ0) is 22.7. The van der Waals surface area contributed by atoms with E-state index in [0.717, 1.165) is 47.0 Å². The van der Waals surface area contributed by atoms with Crippen LogP contribution < -0.4 is 20.3 Å². The second-order valence-corrected chi connectivity index (χ2v) is 8.63. The smallest absolute Gasteiger partial charge is 0.404 e. The topological polar surface area (TPSA) is 62.3 Å². The van der Waals surface area contributed by atoms with Crippen molar-refractivity contribution in [2.45, 2.75) is 25.2 Å². The van der Waals surface area contributed by atoms with E-state index >= 15 is 0 Å². The fraction of sp³-hybridized carbons (Fsp3) is 0.286. The van der Waals surface area contributed by atoms with Crippen molar-refractivity contribution in [3.63, 3.8) is 0 Å². The van der Waals surface area contributed by atoms with Crippen molar-refractivity contribution in [3.8, 4) is 5.75 Å². The van der Waals surface area contributed by atoms with Crippen LogP contribution in [0, 0.1) is 0 Å². The molecule has 6 nitrogen and oxygen atoms in total. The molecule has 2 heterocycles. The zero-order valence-electron chi connectivity index (χ0n) is 16.7. The molecule has 0 unspecified atom stereocenters. The molecule has 3 aromatic rings. The monoisotopic (exact) mass is 525 g/mol. The molecule has 168 valence electrons. The number of para-hydroxylation sites is 2. The normalized spacial score (nSPS) is 14.9. The Kier molecular flexibility index (Phi) is 6.66. The van der Waals surface area contributed by atoms with E-state index in [2.05, 4.69) is 46.4 Å². The highest BCUT2D eigenvalue weighted by Crippen LogP contribution is 2.31. The van der Waals surface area contributed by atoms with Gasteiger partial charge < -0.3 is 20.3 Å². The SMILES string of the molecule is FC(F)(F)Oc1ccccc1NC(=S)NC1CCN(c2nncc3ccc(Br)cc23)CC1. The first-order valence-corrected chi connectivity index (χ1v) is 11.1. The van der Waals surface area contributed by atoms with Crippen molar-refractivity contribution in [1.82, 2.24) is 15.5 Å². The van der Waals surface area contributed by atoms with Gasteiger partial charge in [0, 0.05) is 34.4 Å². The van der Waals surface area contributed by atoms with Crippen LogP contribution in [0.15, 0.2) is 53.1 Å². The highest BCUT2D eigenvalue weighted by molar-refractivity contribution is 9.10. The lowest BCUT2D eigenvalue weighted by Crippen LogP contribution is -2.46. The van der Waals surface area contributed by atoms with Crippen molar-refractivity contribution >= 4 is 55.5 Å². The summed E-state index contributed by atoms with van der Waals surface area (Å²) < 4.78 is 42.9. The van der Waals surface area contributed by atoms with Crippen LogP contribution in [-0.4, -0.2) is 40.8 Å². The number of ether oxygens (including phenoxy) is 1. The van der Waals surface area contributed by atoms with Crippen molar-refractivity contribution in [1.29, 1.82) is 0 Å². The molecular formula is C21H19BrF3N5OS. The molecule has 1 aliphatic rings. The summed E-state index contributed by atoms with van der Waals surface area (Å²) >= 11 is 8.82. The van der Waals surface area contributed by atoms with Gasteiger partial charge in [-0.3, -0.25) is 0 Å². The highest BCUT2D eigenvalue weighted by Gasteiger charge is 2.32. The van der Waals surface area contributed by atoms with Gasteiger partial charge in [-0.25, -0.2) is 0 Å². The summed E-state index contributed by atoms with van der Waals surface area (Å²) in [7, 11) is 0. The third-order valence-electron chi connectivity index (χ3n) is 5.10. The van der Waals surface area contributed by atoms with E-state index in [4.69, 9.17) is 12.2 Å². The Morgan fingerprint density at radius 3 is 2.66 bits per heavy atom. The number of hydrogen-bond acceptors (Lipinski definition) is 5. The van der Waals surface area contributed by atoms with Gasteiger partial charge in [0.1, 0.15) is 0 Å². The van der Waals surface area contributed by atoms with E-state index in [1.54, 1.807) is 12.3 Å². The van der Waals surface area contributed by atoms with Crippen LogP contribution in [0.4, 0.5) is 24.7 Å². The summed E-state index contributed by atoms with van der Waals surface area (Å²) in [4.78, 5) is 2.18. The predicted molar refractivity (Wildman–Crippen MR) is 125 cm³/mol. The van der Waals surface area contributed by atoms with Crippen LogP contribution >= 0.6 is 28.1 Å². The molecule has 0 bridgehead atoms. The number of aromatic nitrogens is 2. The number of rotatable bonds is 4. The maximum absolute atomic E-state index is 12.6. The van der Waals surface area contributed by atoms with E-state index < -0.39 is 6.36 Å². The number of anilines is 2. The Hall–Kier alpha value is -2.66. The van der Waals surface area contributed by atoms with Gasteiger partial charge in [0.2, 0.25) is 0 Å². The largest absolute Gasteiger partial charge is 0.573 e. The molecule has 1 aromatic heterocycles. The Bertz CT molecular complexity index is 1120. The van der Waals surface area contributed by atoms with Crippen molar-refractivity contribution in [2.24, 2.45) is 0 Å². The molecule has 11 heteroatoms. The van der Waals surface area contributed by atoms with Crippen LogP contribution in [0.2, 0.25) is 0 Å². The van der Waals surface area contributed by atoms with E-state index in [-0.39, 0.29) is 22.6 Å². The molecule has 2 N–H and O–H groups in total. The van der Waals surface area contributed by atoms with E-state index in [9.17, 15) is 13.2 Å². The zero-order valence-corrected chi connectivity index (χ0v) is 19.1. The Balaban J connectivity index is 1.36. The maximum atomic E-state index is 12.6. The minimum atomic E-state index is -4.78. The number of thiocarbonyl (C=S) groups is 1. The molecule has 0 radical (unpaired) electrons. The fourth-order valence-electron chi connectivity index (χ4n) is 3.63. The summed E-state index contributed by atoms with van der Waals surface area (Å²) in [6.45, 7) is 1.49. The average Bonchev–Trinajstić information content (AvgIpc) is 2.74. The minimum absolute atomic E-state index is 0.0802. The first-order valence-electron chi connectivity index (χ1n) is 9.87. The predicted octanol–water partition coefficient (Wildman–Crippen LogP) is 5.25. The standard InChI is InChI=1S/C21H19BrF3N5OS/c22-14-6-5-13-12-26-29-19(16(13)11-14)30-9-7-15(8-10-30)27-20(32)28-17-3-1-2-4-18(17)31-21(23,24)25/h1-6,11-12,15H,7-10H2,(H2,27,28,32). The molecule has 4 rings (SSSR count). The third kappa shape index (κ3) is 5.57. The van der Waals surface area contributed by atoms with Gasteiger partial charge in [-0.2, -0.15) is 5.10 Å². The van der Waals surface area contributed by atoms with E-state index in [0.29, 0.717) is 0 Å². The summed E-state index contributed by atoms with van der Waals surface area (Å²) in [5, 5.41) is 16.8. The lowest BCUT2D eigenvalue weighted by molar-refractivity contribution is -0.274. The molecule has 0 amide bonds. The van der Waals surface area contributed by atoms with Gasteiger partial charge in [0.25, 0.3) is 0 Å². The Morgan fingerprint density at radius 2 is 1.91 bits per heavy atom. The number of nitrogens with zero attached hydrogens (tertiary/aromatic N) is 3. The molecule has 2 aromatic carbocycles. The Morgan fingerprint density at radius 1 is 1.16 bits per heavy atom. The minimum Gasteiger partial charge on any atom is -0.404 e. The van der Waals surface area contributed by atoms with Crippen LogP contribution in [0.25, 0.3) is 10.8 Å². The summed E-state index contributed by atoms with van der Waals surface area (Å²) in [5.41, 5.74) is 0.149. The Labute approximate surface area is 196 Å². The second-order valence-electron chi connectivity index (χ2n) is 7.30. The number of nitrogens with one attached hydrogen (secondary N) is 2. The van der Waals surface area contributed by atoms with Crippen LogP contribution in [-0.2, 0) is 0 Å². The van der Waals surface area contributed by atoms with Crippen molar-refractivity contribution < 1.29 is 17.9 Å². The van der Waals surface area contributed by atoms with Gasteiger partial charge >= 0.3 is 6.36 Å². The maximum Gasteiger partial charge on any atom is 0.573 e. The van der Waals surface area contributed by atoms with Crippen molar-refractivity contribution in [2.75, 3.05) is 23.3 Å². The van der Waals surface area contributed by atoms with Gasteiger partial charge in [-0.05, 0) is 49.3 Å². The molecule has 1 saturated heterocycles. The molecule has 0 saturated carbocycles. The van der Waals surface area contributed by atoms with Gasteiger partial charge in [0.15, 0.2) is 16.7 Å². The molecule has 32 heavy (non-hydrogen) atoms. The van der Waals surface area contributed by atoms with Crippen LogP contribution in [0.3, 0.4) is 0 Å². The summed E-state index contributed by atoms with van der Waals surface area (Å²) in [6.07, 6.45) is -1.47. The summed E-state index contributed by atoms with van der Waals surface area (Å²) in [5.74, 6) is 0.501. The van der Waals surface area contributed by atoms with E-state index in [1.807, 2.05) is 18.2 Å². The van der Waals surface area contributed by atoms with Gasteiger partial charge in [0.05, 0.1) is 11.9 Å². The molecule has 0 aliphatic carbocycles. The quantitative estimate of drug-likeness (QED) is 0.451. The van der Waals surface area contributed by atoms with Crippen LogP contribution in [0.1, 0.15) is 12.8 Å². The number of fused-ring (bicyclic) bond motifs is 1. The van der Waals surface area contributed by atoms with Gasteiger partial charge in [-0.15, -0.1) is 18.3 Å². The van der Waals surface area contributed by atoms with Crippen molar-refractivity contribution in [3.05, 3.63) is 53.1 Å². The lowest BCUT2D eigenvalue weighted by Gasteiger charge is -2.34. The molecule has 0 atom stereocenters. The fourth-order valence-corrected chi connectivity index (χ4v) is 4.27. The number of alkyl halides is 3. The third-order valence-corrected chi connectivity index (χ3v) is 5.81. The lowest BCUT2D eigenvalue weighted by atomic mass is 10.0. The number of benzene rings is 2. The first kappa shape index (κ1) is 22.5. The molecular weight excluding hydrogens is 507 g/mol. The molecule has 0 spiro atoms. The summed E-state index contributed by atoms with van der Waals surface area (Å²) in [6, 6.07) is 11.9. The first-order chi connectivity index (χ1) is 15.3. The molecule has 1 aliphatic heterocycles. The number of piperidine rings is 1. The number of halogens is 4. The van der Waals surface area contributed by atoms with E-state index in [1.165, 1.54) is 18.2 Å². The van der Waals surface area contributed by atoms with Crippen LogP contribution in [0.5, 0.6) is 5.75 Å². The van der Waals surface area contributed by atoms with Gasteiger partial charge in [-0.1, -0.05) is 34.1 Å². The second kappa shape index (κ2) is 9.45. The molecule has 1 fully saturated rings. The number of hydrogen-bond donors (Lipinski definition) is 2. The highest BCUT2D eigenvalue weighted by atomic mass is 79.9.